The van der Waals surface area contributed by atoms with Gasteiger partial charge in [0.25, 0.3) is 0 Å². The Bertz CT molecular complexity index is 1310. The lowest BCUT2D eigenvalue weighted by Gasteiger charge is -2.07. The number of carbonyl (C=O) groups is 1. The number of pyridine rings is 1. The SMILES string of the molecule is O=C(Nc1cc(NCc2cn3cc(C4CC4)ccc3n2)ncn1)[C@H]1C[C@@H]1c1cc(Cl)cs1. The van der Waals surface area contributed by atoms with Gasteiger partial charge in [0.05, 0.1) is 17.3 Å². The van der Waals surface area contributed by atoms with E-state index in [1.807, 2.05) is 17.6 Å². The molecule has 4 aromatic rings. The second kappa shape index (κ2) is 7.86. The Kier molecular flexibility index (Phi) is 4.84. The van der Waals surface area contributed by atoms with Gasteiger partial charge in [-0.25, -0.2) is 15.0 Å². The van der Waals surface area contributed by atoms with E-state index in [1.54, 1.807) is 17.4 Å². The van der Waals surface area contributed by atoms with Gasteiger partial charge in [-0.2, -0.15) is 0 Å². The molecule has 2 N–H and O–H groups in total. The minimum absolute atomic E-state index is 0.0176. The molecule has 162 valence electrons. The third kappa shape index (κ3) is 4.08. The van der Waals surface area contributed by atoms with Crippen molar-refractivity contribution in [1.29, 1.82) is 0 Å². The zero-order valence-electron chi connectivity index (χ0n) is 17.2. The van der Waals surface area contributed by atoms with Crippen LogP contribution in [0.1, 0.15) is 47.2 Å². The summed E-state index contributed by atoms with van der Waals surface area (Å²) in [5.41, 5.74) is 3.25. The van der Waals surface area contributed by atoms with Crippen LogP contribution in [0.2, 0.25) is 5.02 Å². The van der Waals surface area contributed by atoms with Gasteiger partial charge >= 0.3 is 0 Å². The van der Waals surface area contributed by atoms with E-state index < -0.39 is 0 Å². The Morgan fingerprint density at radius 3 is 2.88 bits per heavy atom. The molecule has 32 heavy (non-hydrogen) atoms. The molecule has 0 aromatic carbocycles. The minimum atomic E-state index is -0.0328. The van der Waals surface area contributed by atoms with E-state index in [4.69, 9.17) is 11.6 Å². The number of hydrogen-bond donors (Lipinski definition) is 2. The predicted octanol–water partition coefficient (Wildman–Crippen LogP) is 5.07. The summed E-state index contributed by atoms with van der Waals surface area (Å²) in [6.07, 6.45) is 9.08. The van der Waals surface area contributed by atoms with E-state index in [1.165, 1.54) is 24.7 Å². The van der Waals surface area contributed by atoms with Crippen LogP contribution >= 0.6 is 22.9 Å². The van der Waals surface area contributed by atoms with Gasteiger partial charge in [-0.1, -0.05) is 17.7 Å². The molecule has 7 nitrogen and oxygen atoms in total. The van der Waals surface area contributed by atoms with Crippen molar-refractivity contribution in [3.8, 4) is 0 Å². The molecule has 0 radical (unpaired) electrons. The van der Waals surface area contributed by atoms with Crippen LogP contribution in [0.25, 0.3) is 5.65 Å². The number of amides is 1. The van der Waals surface area contributed by atoms with Crippen molar-refractivity contribution in [3.05, 3.63) is 69.5 Å². The van der Waals surface area contributed by atoms with E-state index in [0.29, 0.717) is 24.1 Å². The molecular formula is C23H21ClN6OS. The lowest BCUT2D eigenvalue weighted by molar-refractivity contribution is -0.117. The molecule has 9 heteroatoms. The molecule has 2 atom stereocenters. The largest absolute Gasteiger partial charge is 0.364 e. The summed E-state index contributed by atoms with van der Waals surface area (Å²) < 4.78 is 2.09. The average molecular weight is 465 g/mol. The highest BCUT2D eigenvalue weighted by Crippen LogP contribution is 2.50. The zero-order chi connectivity index (χ0) is 21.7. The molecule has 2 saturated carbocycles. The Labute approximate surface area is 193 Å². The number of nitrogens with one attached hydrogen (secondary N) is 2. The van der Waals surface area contributed by atoms with Crippen LogP contribution in [-0.4, -0.2) is 25.3 Å². The molecular weight excluding hydrogens is 444 g/mol. The standard InChI is InChI=1S/C23H21ClN6OS/c24-15-5-19(32-11-15)17-6-18(17)23(31)29-21-7-20(26-12-27-21)25-8-16-10-30-9-14(13-1-2-13)3-4-22(30)28-16/h3-5,7,9-13,17-18H,1-2,6,8H2,(H2,25,26,27,29,31)/t17-,18-/m0/s1. The monoisotopic (exact) mass is 464 g/mol. The van der Waals surface area contributed by atoms with Gasteiger partial charge in [0, 0.05) is 40.6 Å². The number of thiophene rings is 1. The van der Waals surface area contributed by atoms with Crippen LogP contribution in [0.4, 0.5) is 11.6 Å². The van der Waals surface area contributed by atoms with Crippen molar-refractivity contribution in [1.82, 2.24) is 19.4 Å². The van der Waals surface area contributed by atoms with Gasteiger partial charge in [-0.15, -0.1) is 11.3 Å². The molecule has 0 spiro atoms. The van der Waals surface area contributed by atoms with Crippen molar-refractivity contribution < 1.29 is 4.79 Å². The second-order valence-corrected chi connectivity index (χ2v) is 9.86. The van der Waals surface area contributed by atoms with E-state index in [-0.39, 0.29) is 17.7 Å². The Hall–Kier alpha value is -2.97. The number of fused-ring (bicyclic) bond motifs is 1. The Morgan fingerprint density at radius 2 is 2.06 bits per heavy atom. The molecule has 2 aliphatic carbocycles. The fourth-order valence-electron chi connectivity index (χ4n) is 4.05. The summed E-state index contributed by atoms with van der Waals surface area (Å²) in [6, 6.07) is 7.94. The molecule has 4 heterocycles. The van der Waals surface area contributed by atoms with Crippen molar-refractivity contribution in [2.45, 2.75) is 37.6 Å². The average Bonchev–Trinajstić information content (AvgIpc) is 3.71. The fraction of sp³-hybridized carbons (Fsp3) is 0.304. The van der Waals surface area contributed by atoms with Gasteiger partial charge in [-0.05, 0) is 42.9 Å². The van der Waals surface area contributed by atoms with Gasteiger partial charge in [0.15, 0.2) is 0 Å². The highest BCUT2D eigenvalue weighted by Gasteiger charge is 2.44. The maximum Gasteiger partial charge on any atom is 0.229 e. The molecule has 4 aromatic heterocycles. The summed E-state index contributed by atoms with van der Waals surface area (Å²) in [7, 11) is 0. The highest BCUT2D eigenvalue weighted by molar-refractivity contribution is 7.10. The van der Waals surface area contributed by atoms with Crippen LogP contribution in [-0.2, 0) is 11.3 Å². The van der Waals surface area contributed by atoms with Gasteiger partial charge in [0.1, 0.15) is 23.6 Å². The summed E-state index contributed by atoms with van der Waals surface area (Å²) in [6.45, 7) is 0.536. The lowest BCUT2D eigenvalue weighted by atomic mass is 10.2. The smallest absolute Gasteiger partial charge is 0.229 e. The molecule has 1 amide bonds. The van der Waals surface area contributed by atoms with Crippen LogP contribution in [0.15, 0.2) is 48.4 Å². The van der Waals surface area contributed by atoms with Crippen LogP contribution in [0, 0.1) is 5.92 Å². The number of rotatable bonds is 7. The molecule has 6 rings (SSSR count). The van der Waals surface area contributed by atoms with Crippen LogP contribution in [0.3, 0.4) is 0 Å². The fourth-order valence-corrected chi connectivity index (χ4v) is 5.31. The summed E-state index contributed by atoms with van der Waals surface area (Å²) in [5, 5.41) is 8.83. The third-order valence-corrected chi connectivity index (χ3v) is 7.43. The number of aromatic nitrogens is 4. The van der Waals surface area contributed by atoms with Crippen molar-refractivity contribution in [3.63, 3.8) is 0 Å². The zero-order valence-corrected chi connectivity index (χ0v) is 18.7. The summed E-state index contributed by atoms with van der Waals surface area (Å²) in [5.74, 6) is 2.05. The summed E-state index contributed by atoms with van der Waals surface area (Å²) in [4.78, 5) is 26.9. The number of hydrogen-bond acceptors (Lipinski definition) is 6. The normalized spacial score (nSPS) is 19.8. The maximum atomic E-state index is 12.6. The quantitative estimate of drug-likeness (QED) is 0.399. The minimum Gasteiger partial charge on any atom is -0.364 e. The molecule has 0 saturated heterocycles. The first-order chi connectivity index (χ1) is 15.6. The van der Waals surface area contributed by atoms with E-state index >= 15 is 0 Å². The van der Waals surface area contributed by atoms with E-state index in [0.717, 1.165) is 27.7 Å². The number of halogens is 1. The number of carbonyl (C=O) groups excluding carboxylic acids is 1. The Balaban J connectivity index is 1.08. The molecule has 0 aliphatic heterocycles. The van der Waals surface area contributed by atoms with Crippen molar-refractivity contribution >= 4 is 46.1 Å². The summed E-state index contributed by atoms with van der Waals surface area (Å²) >= 11 is 7.61. The second-order valence-electron chi connectivity index (χ2n) is 8.48. The third-order valence-electron chi connectivity index (χ3n) is 6.02. The molecule has 2 fully saturated rings. The maximum absolute atomic E-state index is 12.6. The number of nitrogens with zero attached hydrogens (tertiary/aromatic N) is 4. The Morgan fingerprint density at radius 1 is 1.19 bits per heavy atom. The van der Waals surface area contributed by atoms with Crippen LogP contribution < -0.4 is 10.6 Å². The van der Waals surface area contributed by atoms with Crippen molar-refractivity contribution in [2.75, 3.05) is 10.6 Å². The molecule has 0 bridgehead atoms. The van der Waals surface area contributed by atoms with E-state index in [2.05, 4.69) is 48.3 Å². The van der Waals surface area contributed by atoms with Gasteiger partial charge in [0.2, 0.25) is 5.91 Å². The molecule has 2 aliphatic rings. The predicted molar refractivity (Wildman–Crippen MR) is 125 cm³/mol. The van der Waals surface area contributed by atoms with Gasteiger partial charge in [-0.3, -0.25) is 4.79 Å². The van der Waals surface area contributed by atoms with Crippen LogP contribution in [0.5, 0.6) is 0 Å². The topological polar surface area (TPSA) is 84.2 Å². The lowest BCUT2D eigenvalue weighted by Crippen LogP contribution is -2.16. The first kappa shape index (κ1) is 19.7. The van der Waals surface area contributed by atoms with Crippen molar-refractivity contribution in [2.24, 2.45) is 5.92 Å². The molecule has 0 unspecified atom stereocenters. The first-order valence-electron chi connectivity index (χ1n) is 10.7. The highest BCUT2D eigenvalue weighted by atomic mass is 35.5. The number of imidazole rings is 1. The van der Waals surface area contributed by atoms with E-state index in [9.17, 15) is 4.79 Å². The first-order valence-corrected chi connectivity index (χ1v) is 12.0. The number of anilines is 2. The van der Waals surface area contributed by atoms with Gasteiger partial charge < -0.3 is 15.0 Å².